The first-order valence-electron chi connectivity index (χ1n) is 9.26. The van der Waals surface area contributed by atoms with E-state index in [0.29, 0.717) is 16.9 Å². The van der Waals surface area contributed by atoms with Crippen LogP contribution in [0.4, 0.5) is 0 Å². The molecule has 1 fully saturated rings. The van der Waals surface area contributed by atoms with Crippen LogP contribution >= 0.6 is 0 Å². The van der Waals surface area contributed by atoms with Gasteiger partial charge >= 0.3 is 0 Å². The Morgan fingerprint density at radius 2 is 1.81 bits per heavy atom. The zero-order chi connectivity index (χ0) is 18.3. The first-order chi connectivity index (χ1) is 12.5. The smallest absolute Gasteiger partial charge is 0.175 e. The lowest BCUT2D eigenvalue weighted by molar-refractivity contribution is 0.139. The normalized spacial score (nSPS) is 22.4. The molecule has 0 radical (unpaired) electrons. The molecule has 0 spiro atoms. The fourth-order valence-corrected chi connectivity index (χ4v) is 5.10. The Balaban J connectivity index is 1.65. The third-order valence-corrected chi connectivity index (χ3v) is 6.95. The molecule has 2 bridgehead atoms. The molecule has 26 heavy (non-hydrogen) atoms. The highest BCUT2D eigenvalue weighted by Crippen LogP contribution is 2.49. The Bertz CT molecular complexity index is 903. The van der Waals surface area contributed by atoms with Crippen molar-refractivity contribution in [3.63, 3.8) is 0 Å². The first kappa shape index (κ1) is 17.7. The minimum atomic E-state index is -3.17. The molecular weight excluding hydrogens is 346 g/mol. The van der Waals surface area contributed by atoms with Crippen LogP contribution in [0.5, 0.6) is 0 Å². The van der Waals surface area contributed by atoms with Gasteiger partial charge in [0.05, 0.1) is 4.90 Å². The van der Waals surface area contributed by atoms with Crippen LogP contribution in [0.1, 0.15) is 42.3 Å². The molecule has 0 amide bonds. The van der Waals surface area contributed by atoms with Crippen molar-refractivity contribution in [1.29, 1.82) is 0 Å². The molecule has 4 nitrogen and oxygen atoms in total. The van der Waals surface area contributed by atoms with Crippen molar-refractivity contribution in [2.45, 2.75) is 36.1 Å². The zero-order valence-electron chi connectivity index (χ0n) is 15.1. The van der Waals surface area contributed by atoms with Crippen LogP contribution in [0, 0.1) is 0 Å². The lowest BCUT2D eigenvalue weighted by Gasteiger charge is -2.33. The number of sulfone groups is 1. The van der Waals surface area contributed by atoms with E-state index in [-0.39, 0.29) is 6.61 Å². The standard InChI is InChI=1S/C21H25NO3S/c1-26(24,25)18-6-3-15(4-7-18)16-5-8-19-17-9-11-22(10-2-12-23)21(14-17)20(19)13-16/h3-8,13,17,21,23H,2,9-12,14H2,1H3. The van der Waals surface area contributed by atoms with Gasteiger partial charge < -0.3 is 5.11 Å². The topological polar surface area (TPSA) is 57.6 Å². The number of piperidine rings is 1. The van der Waals surface area contributed by atoms with Crippen molar-refractivity contribution in [1.82, 2.24) is 4.90 Å². The molecule has 0 aromatic heterocycles. The third kappa shape index (κ3) is 3.20. The van der Waals surface area contributed by atoms with E-state index in [1.165, 1.54) is 30.2 Å². The highest BCUT2D eigenvalue weighted by atomic mass is 32.2. The number of likely N-dealkylation sites (tertiary alicyclic amines) is 1. The summed E-state index contributed by atoms with van der Waals surface area (Å²) < 4.78 is 23.3. The van der Waals surface area contributed by atoms with Gasteiger partial charge in [-0.3, -0.25) is 4.90 Å². The first-order valence-corrected chi connectivity index (χ1v) is 11.2. The summed E-state index contributed by atoms with van der Waals surface area (Å²) in [6, 6.07) is 14.3. The van der Waals surface area contributed by atoms with Crippen molar-refractivity contribution >= 4 is 9.84 Å². The summed E-state index contributed by atoms with van der Waals surface area (Å²) in [5.41, 5.74) is 5.06. The highest BCUT2D eigenvalue weighted by Gasteiger charge is 2.38. The van der Waals surface area contributed by atoms with Crippen LogP contribution in [-0.4, -0.2) is 44.4 Å². The van der Waals surface area contributed by atoms with E-state index in [9.17, 15) is 8.42 Å². The van der Waals surface area contributed by atoms with E-state index in [4.69, 9.17) is 5.11 Å². The van der Waals surface area contributed by atoms with Gasteiger partial charge in [-0.2, -0.15) is 0 Å². The molecule has 1 aliphatic carbocycles. The molecular formula is C21H25NO3S. The van der Waals surface area contributed by atoms with Crippen LogP contribution < -0.4 is 0 Å². The predicted molar refractivity (Wildman–Crippen MR) is 103 cm³/mol. The maximum Gasteiger partial charge on any atom is 0.175 e. The summed E-state index contributed by atoms with van der Waals surface area (Å²) in [5, 5.41) is 9.16. The maximum atomic E-state index is 11.7. The van der Waals surface area contributed by atoms with Gasteiger partial charge in [-0.25, -0.2) is 8.42 Å². The third-order valence-electron chi connectivity index (χ3n) is 5.82. The highest BCUT2D eigenvalue weighted by molar-refractivity contribution is 7.90. The predicted octanol–water partition coefficient (Wildman–Crippen LogP) is 3.37. The monoisotopic (exact) mass is 371 g/mol. The maximum absolute atomic E-state index is 11.7. The summed E-state index contributed by atoms with van der Waals surface area (Å²) >= 11 is 0. The van der Waals surface area contributed by atoms with Crippen LogP contribution in [0.2, 0.25) is 0 Å². The lowest BCUT2D eigenvalue weighted by atomic mass is 9.95. The average Bonchev–Trinajstić information content (AvgIpc) is 2.93. The largest absolute Gasteiger partial charge is 0.396 e. The Hall–Kier alpha value is -1.69. The number of rotatable bonds is 5. The number of nitrogens with zero attached hydrogens (tertiary/aromatic N) is 1. The van der Waals surface area contributed by atoms with Gasteiger partial charge in [0.25, 0.3) is 0 Å². The quantitative estimate of drug-likeness (QED) is 0.875. The lowest BCUT2D eigenvalue weighted by Crippen LogP contribution is -2.33. The van der Waals surface area contributed by atoms with E-state index in [0.717, 1.165) is 30.6 Å². The van der Waals surface area contributed by atoms with Gasteiger partial charge in [0.2, 0.25) is 0 Å². The van der Waals surface area contributed by atoms with Crippen LogP contribution in [0.3, 0.4) is 0 Å². The van der Waals surface area contributed by atoms with Crippen molar-refractivity contribution in [3.05, 3.63) is 53.6 Å². The summed E-state index contributed by atoms with van der Waals surface area (Å²) in [6.45, 7) is 2.29. The molecule has 2 unspecified atom stereocenters. The second-order valence-electron chi connectivity index (χ2n) is 7.49. The Morgan fingerprint density at radius 3 is 2.50 bits per heavy atom. The molecule has 2 aromatic carbocycles. The van der Waals surface area contributed by atoms with Crippen LogP contribution in [0.25, 0.3) is 11.1 Å². The fourth-order valence-electron chi connectivity index (χ4n) is 4.47. The molecule has 1 heterocycles. The van der Waals surface area contributed by atoms with Crippen molar-refractivity contribution in [2.24, 2.45) is 0 Å². The molecule has 0 saturated carbocycles. The number of aliphatic hydroxyl groups is 1. The minimum Gasteiger partial charge on any atom is -0.396 e. The molecule has 2 aromatic rings. The summed E-state index contributed by atoms with van der Waals surface area (Å²) in [4.78, 5) is 2.86. The van der Waals surface area contributed by atoms with Gasteiger partial charge in [-0.1, -0.05) is 24.3 Å². The second kappa shape index (κ2) is 6.80. The summed E-state index contributed by atoms with van der Waals surface area (Å²) in [6.07, 6.45) is 4.43. The van der Waals surface area contributed by atoms with E-state index in [1.54, 1.807) is 12.1 Å². The van der Waals surface area contributed by atoms with Gasteiger partial charge in [-0.15, -0.1) is 0 Å². The number of benzene rings is 2. The van der Waals surface area contributed by atoms with E-state index in [1.807, 2.05) is 12.1 Å². The fraction of sp³-hybridized carbons (Fsp3) is 0.429. The molecule has 2 aliphatic rings. The minimum absolute atomic E-state index is 0.242. The number of aliphatic hydroxyl groups excluding tert-OH is 1. The molecule has 4 rings (SSSR count). The van der Waals surface area contributed by atoms with Gasteiger partial charge in [-0.05, 0) is 72.2 Å². The molecule has 5 heteroatoms. The number of fused-ring (bicyclic) bond motifs is 5. The number of hydrogen-bond acceptors (Lipinski definition) is 4. The molecule has 1 N–H and O–H groups in total. The molecule has 2 atom stereocenters. The van der Waals surface area contributed by atoms with Gasteiger partial charge in [0.15, 0.2) is 9.84 Å². The zero-order valence-corrected chi connectivity index (χ0v) is 15.9. The van der Waals surface area contributed by atoms with Crippen LogP contribution in [0.15, 0.2) is 47.4 Å². The Morgan fingerprint density at radius 1 is 1.08 bits per heavy atom. The molecule has 1 saturated heterocycles. The Kier molecular flexibility index (Phi) is 4.63. The average molecular weight is 372 g/mol. The van der Waals surface area contributed by atoms with Crippen LogP contribution in [-0.2, 0) is 9.84 Å². The van der Waals surface area contributed by atoms with E-state index < -0.39 is 9.84 Å². The molecule has 1 aliphatic heterocycles. The van der Waals surface area contributed by atoms with E-state index in [2.05, 4.69) is 23.1 Å². The van der Waals surface area contributed by atoms with Gasteiger partial charge in [0.1, 0.15) is 0 Å². The van der Waals surface area contributed by atoms with E-state index >= 15 is 0 Å². The van der Waals surface area contributed by atoms with Crippen molar-refractivity contribution < 1.29 is 13.5 Å². The Labute approximate surface area is 155 Å². The summed E-state index contributed by atoms with van der Waals surface area (Å²) in [7, 11) is -3.17. The second-order valence-corrected chi connectivity index (χ2v) is 9.51. The van der Waals surface area contributed by atoms with Crippen molar-refractivity contribution in [2.75, 3.05) is 26.0 Å². The SMILES string of the molecule is CS(=O)(=O)c1ccc(-c2ccc3c(c2)C2CC3CCN2CCCO)cc1. The van der Waals surface area contributed by atoms with Crippen molar-refractivity contribution in [3.8, 4) is 11.1 Å². The number of hydrogen-bond donors (Lipinski definition) is 1. The summed E-state index contributed by atoms with van der Waals surface area (Å²) in [5.74, 6) is 0.655. The van der Waals surface area contributed by atoms with Gasteiger partial charge in [0, 0.05) is 25.4 Å². The molecule has 138 valence electrons.